The van der Waals surface area contributed by atoms with Gasteiger partial charge in [0, 0.05) is 51.1 Å². The van der Waals surface area contributed by atoms with E-state index in [1.165, 1.54) is 0 Å². The highest BCUT2D eigenvalue weighted by Crippen LogP contribution is 2.28. The lowest BCUT2D eigenvalue weighted by Gasteiger charge is -2.35. The topological polar surface area (TPSA) is 66.4 Å². The minimum atomic E-state index is -0.245. The minimum absolute atomic E-state index is 0.00490. The van der Waals surface area contributed by atoms with Crippen LogP contribution in [0.3, 0.4) is 0 Å². The predicted molar refractivity (Wildman–Crippen MR) is 81.0 cm³/mol. The van der Waals surface area contributed by atoms with E-state index in [-0.39, 0.29) is 17.9 Å². The summed E-state index contributed by atoms with van der Waals surface area (Å²) < 4.78 is 0. The van der Waals surface area contributed by atoms with Crippen molar-refractivity contribution in [1.29, 1.82) is 0 Å². The van der Waals surface area contributed by atoms with Crippen LogP contribution in [-0.2, 0) is 9.59 Å². The SMILES string of the molecule is CC(=O)N1CCC[C@H]1C(=O)N1CCC(c2cnccn2)CC1. The van der Waals surface area contributed by atoms with Crippen molar-refractivity contribution in [3.8, 4) is 0 Å². The van der Waals surface area contributed by atoms with Crippen LogP contribution in [-0.4, -0.2) is 57.3 Å². The molecule has 1 aromatic heterocycles. The quantitative estimate of drug-likeness (QED) is 0.823. The molecule has 3 rings (SSSR count). The molecule has 118 valence electrons. The number of amides is 2. The lowest BCUT2D eigenvalue weighted by atomic mass is 9.93. The molecular weight excluding hydrogens is 280 g/mol. The average molecular weight is 302 g/mol. The number of carbonyl (C=O) groups is 2. The van der Waals surface area contributed by atoms with Gasteiger partial charge in [-0.2, -0.15) is 0 Å². The molecule has 2 aliphatic rings. The Kier molecular flexibility index (Phi) is 4.36. The van der Waals surface area contributed by atoms with Gasteiger partial charge in [-0.25, -0.2) is 0 Å². The molecule has 1 aromatic rings. The Morgan fingerprint density at radius 2 is 1.91 bits per heavy atom. The first kappa shape index (κ1) is 14.9. The number of rotatable bonds is 2. The van der Waals surface area contributed by atoms with Crippen LogP contribution in [0.2, 0.25) is 0 Å². The third kappa shape index (κ3) is 2.96. The maximum Gasteiger partial charge on any atom is 0.245 e. The van der Waals surface area contributed by atoms with E-state index in [2.05, 4.69) is 9.97 Å². The third-order valence-corrected chi connectivity index (χ3v) is 4.75. The van der Waals surface area contributed by atoms with Crippen molar-refractivity contribution in [2.75, 3.05) is 19.6 Å². The van der Waals surface area contributed by atoms with Crippen LogP contribution in [0.4, 0.5) is 0 Å². The first-order valence-corrected chi connectivity index (χ1v) is 7.98. The molecule has 0 radical (unpaired) electrons. The Hall–Kier alpha value is -1.98. The normalized spacial score (nSPS) is 22.9. The largest absolute Gasteiger partial charge is 0.341 e. The molecule has 0 aliphatic carbocycles. The molecule has 2 saturated heterocycles. The van der Waals surface area contributed by atoms with E-state index >= 15 is 0 Å². The number of nitrogens with zero attached hydrogens (tertiary/aromatic N) is 4. The molecule has 0 saturated carbocycles. The summed E-state index contributed by atoms with van der Waals surface area (Å²) in [6, 6.07) is -0.245. The van der Waals surface area contributed by atoms with Crippen molar-refractivity contribution >= 4 is 11.8 Å². The molecule has 6 heteroatoms. The van der Waals surface area contributed by atoms with Crippen LogP contribution in [0.1, 0.15) is 44.2 Å². The summed E-state index contributed by atoms with van der Waals surface area (Å²) in [6.45, 7) is 3.73. The highest BCUT2D eigenvalue weighted by molar-refractivity contribution is 5.87. The fourth-order valence-electron chi connectivity index (χ4n) is 3.53. The van der Waals surface area contributed by atoms with Crippen LogP contribution in [0.25, 0.3) is 0 Å². The van der Waals surface area contributed by atoms with E-state index < -0.39 is 0 Å². The molecule has 2 fully saturated rings. The molecule has 0 aromatic carbocycles. The lowest BCUT2D eigenvalue weighted by Crippen LogP contribution is -2.49. The summed E-state index contributed by atoms with van der Waals surface area (Å²) in [5.74, 6) is 0.501. The van der Waals surface area contributed by atoms with Gasteiger partial charge in [0.1, 0.15) is 6.04 Å². The van der Waals surface area contributed by atoms with Gasteiger partial charge in [-0.05, 0) is 25.7 Å². The maximum absolute atomic E-state index is 12.7. The molecule has 0 unspecified atom stereocenters. The van der Waals surface area contributed by atoms with Gasteiger partial charge in [0.05, 0.1) is 5.69 Å². The molecule has 2 aliphatic heterocycles. The second kappa shape index (κ2) is 6.42. The summed E-state index contributed by atoms with van der Waals surface area (Å²) in [5.41, 5.74) is 1.01. The van der Waals surface area contributed by atoms with Crippen molar-refractivity contribution in [3.63, 3.8) is 0 Å². The van der Waals surface area contributed by atoms with Crippen molar-refractivity contribution in [2.24, 2.45) is 0 Å². The van der Waals surface area contributed by atoms with Gasteiger partial charge in [0.25, 0.3) is 0 Å². The van der Waals surface area contributed by atoms with Crippen molar-refractivity contribution in [3.05, 3.63) is 24.3 Å². The zero-order chi connectivity index (χ0) is 15.5. The summed E-state index contributed by atoms with van der Waals surface area (Å²) in [6.07, 6.45) is 8.76. The van der Waals surface area contributed by atoms with Crippen LogP contribution in [0, 0.1) is 0 Å². The van der Waals surface area contributed by atoms with E-state index in [4.69, 9.17) is 0 Å². The standard InChI is InChI=1S/C16H22N4O2/c1-12(21)20-8-2-3-15(20)16(22)19-9-4-13(5-10-19)14-11-17-6-7-18-14/h6-7,11,13,15H,2-5,8-10H2,1H3/t15-/m0/s1. The lowest BCUT2D eigenvalue weighted by molar-refractivity contribution is -0.143. The Morgan fingerprint density at radius 3 is 2.55 bits per heavy atom. The first-order chi connectivity index (χ1) is 10.7. The number of hydrogen-bond acceptors (Lipinski definition) is 4. The Balaban J connectivity index is 1.59. The molecule has 1 atom stereocenters. The van der Waals surface area contributed by atoms with E-state index in [9.17, 15) is 9.59 Å². The summed E-state index contributed by atoms with van der Waals surface area (Å²) >= 11 is 0. The van der Waals surface area contributed by atoms with Crippen molar-refractivity contribution < 1.29 is 9.59 Å². The fourth-order valence-corrected chi connectivity index (χ4v) is 3.53. The van der Waals surface area contributed by atoms with Crippen molar-refractivity contribution in [1.82, 2.24) is 19.8 Å². The molecule has 0 N–H and O–H groups in total. The average Bonchev–Trinajstić information content (AvgIpc) is 3.05. The van der Waals surface area contributed by atoms with Crippen molar-refractivity contribution in [2.45, 2.75) is 44.6 Å². The van der Waals surface area contributed by atoms with E-state index in [1.807, 2.05) is 11.1 Å². The Bertz CT molecular complexity index is 540. The van der Waals surface area contributed by atoms with Crippen LogP contribution >= 0.6 is 0 Å². The third-order valence-electron chi connectivity index (χ3n) is 4.75. The zero-order valence-corrected chi connectivity index (χ0v) is 12.9. The number of hydrogen-bond donors (Lipinski definition) is 0. The zero-order valence-electron chi connectivity index (χ0n) is 12.9. The van der Waals surface area contributed by atoms with Gasteiger partial charge in [0.15, 0.2) is 0 Å². The highest BCUT2D eigenvalue weighted by Gasteiger charge is 2.36. The van der Waals surface area contributed by atoms with Gasteiger partial charge in [0.2, 0.25) is 11.8 Å². The fraction of sp³-hybridized carbons (Fsp3) is 0.625. The van der Waals surface area contributed by atoms with E-state index in [0.717, 1.165) is 44.5 Å². The number of likely N-dealkylation sites (tertiary alicyclic amines) is 2. The summed E-state index contributed by atoms with van der Waals surface area (Å²) in [5, 5.41) is 0. The monoisotopic (exact) mass is 302 g/mol. The predicted octanol–water partition coefficient (Wildman–Crippen LogP) is 1.19. The molecule has 2 amide bonds. The minimum Gasteiger partial charge on any atom is -0.341 e. The Morgan fingerprint density at radius 1 is 1.14 bits per heavy atom. The van der Waals surface area contributed by atoms with Crippen LogP contribution in [0.15, 0.2) is 18.6 Å². The molecule has 0 bridgehead atoms. The molecule has 0 spiro atoms. The Labute approximate surface area is 130 Å². The summed E-state index contributed by atoms with van der Waals surface area (Å²) in [7, 11) is 0. The van der Waals surface area contributed by atoms with Gasteiger partial charge in [-0.3, -0.25) is 19.6 Å². The number of carbonyl (C=O) groups excluding carboxylic acids is 2. The van der Waals surface area contributed by atoms with Gasteiger partial charge in [-0.1, -0.05) is 0 Å². The molecule has 3 heterocycles. The van der Waals surface area contributed by atoms with Gasteiger partial charge < -0.3 is 9.80 Å². The van der Waals surface area contributed by atoms with E-state index in [0.29, 0.717) is 12.5 Å². The highest BCUT2D eigenvalue weighted by atomic mass is 16.2. The van der Waals surface area contributed by atoms with Gasteiger partial charge >= 0.3 is 0 Å². The summed E-state index contributed by atoms with van der Waals surface area (Å²) in [4.78, 5) is 36.4. The second-order valence-electron chi connectivity index (χ2n) is 6.10. The maximum atomic E-state index is 12.7. The molecule has 22 heavy (non-hydrogen) atoms. The van der Waals surface area contributed by atoms with Gasteiger partial charge in [-0.15, -0.1) is 0 Å². The van der Waals surface area contributed by atoms with Crippen LogP contribution < -0.4 is 0 Å². The number of piperidine rings is 1. The molecular formula is C16H22N4O2. The second-order valence-corrected chi connectivity index (χ2v) is 6.10. The first-order valence-electron chi connectivity index (χ1n) is 7.98. The van der Waals surface area contributed by atoms with E-state index in [1.54, 1.807) is 24.2 Å². The molecule has 6 nitrogen and oxygen atoms in total. The smallest absolute Gasteiger partial charge is 0.245 e. The number of aromatic nitrogens is 2. The van der Waals surface area contributed by atoms with Crippen LogP contribution in [0.5, 0.6) is 0 Å².